The Morgan fingerprint density at radius 2 is 1.73 bits per heavy atom. The highest BCUT2D eigenvalue weighted by Crippen LogP contribution is 2.09. The van der Waals surface area contributed by atoms with Crippen LogP contribution in [0.3, 0.4) is 0 Å². The van der Waals surface area contributed by atoms with E-state index >= 15 is 0 Å². The van der Waals surface area contributed by atoms with Crippen molar-refractivity contribution in [1.82, 2.24) is 5.32 Å². The fraction of sp³-hybridized carbons (Fsp3) is 0.538. The second-order valence-corrected chi connectivity index (χ2v) is 4.50. The van der Waals surface area contributed by atoms with Gasteiger partial charge < -0.3 is 5.32 Å². The van der Waals surface area contributed by atoms with Crippen LogP contribution in [0.2, 0.25) is 0 Å². The summed E-state index contributed by atoms with van der Waals surface area (Å²) in [7, 11) is 0. The lowest BCUT2D eigenvalue weighted by atomic mass is 10.0. The molecule has 1 N–H and O–H groups in total. The van der Waals surface area contributed by atoms with Crippen molar-refractivity contribution in [2.24, 2.45) is 5.92 Å². The summed E-state index contributed by atoms with van der Waals surface area (Å²) in [5.74, 6) is 0.421. The first kappa shape index (κ1) is 12.2. The second kappa shape index (κ2) is 5.86. The maximum Gasteiger partial charge on any atom is 0.123 e. The molecule has 0 radical (unpaired) electrons. The van der Waals surface area contributed by atoms with Crippen LogP contribution in [0.25, 0.3) is 0 Å². The molecule has 1 aromatic rings. The molecular formula is C13H20FN. The number of hydrogen-bond donors (Lipinski definition) is 1. The van der Waals surface area contributed by atoms with Crippen LogP contribution >= 0.6 is 0 Å². The van der Waals surface area contributed by atoms with Crippen LogP contribution in [0.15, 0.2) is 24.3 Å². The Balaban J connectivity index is 2.37. The molecule has 0 bridgehead atoms. The van der Waals surface area contributed by atoms with Crippen molar-refractivity contribution in [2.75, 3.05) is 6.54 Å². The van der Waals surface area contributed by atoms with Gasteiger partial charge in [-0.1, -0.05) is 32.9 Å². The first-order valence-corrected chi connectivity index (χ1v) is 5.55. The van der Waals surface area contributed by atoms with Crippen molar-refractivity contribution in [2.45, 2.75) is 33.2 Å². The third-order valence-electron chi connectivity index (χ3n) is 2.37. The minimum atomic E-state index is -0.160. The quantitative estimate of drug-likeness (QED) is 0.786. The molecule has 0 saturated heterocycles. The van der Waals surface area contributed by atoms with E-state index in [1.165, 1.54) is 17.7 Å². The molecule has 1 atom stereocenters. The standard InChI is InChI=1S/C13H20FN/c1-10(2)15-9-11(3)8-12-4-6-13(14)7-5-12/h4-7,10-11,15H,8-9H2,1-3H3. The Hall–Kier alpha value is -0.890. The predicted molar refractivity (Wildman–Crippen MR) is 62.4 cm³/mol. The molecule has 0 aliphatic heterocycles. The zero-order valence-corrected chi connectivity index (χ0v) is 9.76. The van der Waals surface area contributed by atoms with Crippen molar-refractivity contribution < 1.29 is 4.39 Å². The Morgan fingerprint density at radius 3 is 2.27 bits per heavy atom. The molecule has 1 unspecified atom stereocenters. The SMILES string of the molecule is CC(CNC(C)C)Cc1ccc(F)cc1. The first-order valence-electron chi connectivity index (χ1n) is 5.55. The van der Waals surface area contributed by atoms with Crippen LogP contribution in [0.1, 0.15) is 26.3 Å². The highest BCUT2D eigenvalue weighted by molar-refractivity contribution is 5.16. The highest BCUT2D eigenvalue weighted by Gasteiger charge is 2.04. The van der Waals surface area contributed by atoms with Crippen molar-refractivity contribution in [3.8, 4) is 0 Å². The van der Waals surface area contributed by atoms with Gasteiger partial charge in [0.15, 0.2) is 0 Å². The van der Waals surface area contributed by atoms with E-state index in [9.17, 15) is 4.39 Å². The zero-order chi connectivity index (χ0) is 11.3. The zero-order valence-electron chi connectivity index (χ0n) is 9.76. The van der Waals surface area contributed by atoms with E-state index in [0.29, 0.717) is 12.0 Å². The van der Waals surface area contributed by atoms with E-state index in [2.05, 4.69) is 26.1 Å². The molecule has 0 aliphatic carbocycles. The molecule has 0 amide bonds. The van der Waals surface area contributed by atoms with Gasteiger partial charge >= 0.3 is 0 Å². The normalized spacial score (nSPS) is 13.1. The van der Waals surface area contributed by atoms with E-state index in [0.717, 1.165) is 13.0 Å². The molecule has 0 aromatic heterocycles. The highest BCUT2D eigenvalue weighted by atomic mass is 19.1. The summed E-state index contributed by atoms with van der Waals surface area (Å²) >= 11 is 0. The molecule has 1 rings (SSSR count). The Kier molecular flexibility index (Phi) is 4.76. The lowest BCUT2D eigenvalue weighted by molar-refractivity contribution is 0.475. The summed E-state index contributed by atoms with van der Waals surface area (Å²) in [5, 5.41) is 3.40. The summed E-state index contributed by atoms with van der Waals surface area (Å²) < 4.78 is 12.7. The summed E-state index contributed by atoms with van der Waals surface area (Å²) in [6.07, 6.45) is 1.00. The van der Waals surface area contributed by atoms with Gasteiger partial charge in [0.05, 0.1) is 0 Å². The van der Waals surface area contributed by atoms with Gasteiger partial charge in [-0.15, -0.1) is 0 Å². The molecule has 15 heavy (non-hydrogen) atoms. The summed E-state index contributed by atoms with van der Waals surface area (Å²) in [6.45, 7) is 7.50. The third-order valence-corrected chi connectivity index (χ3v) is 2.37. The number of hydrogen-bond acceptors (Lipinski definition) is 1. The average Bonchev–Trinajstić information content (AvgIpc) is 2.19. The third kappa shape index (κ3) is 4.93. The van der Waals surface area contributed by atoms with Gasteiger partial charge in [0.2, 0.25) is 0 Å². The molecule has 84 valence electrons. The largest absolute Gasteiger partial charge is 0.314 e. The Labute approximate surface area is 91.7 Å². The van der Waals surface area contributed by atoms with Gasteiger partial charge in [-0.3, -0.25) is 0 Å². The molecule has 2 heteroatoms. The maximum absolute atomic E-state index is 12.7. The fourth-order valence-corrected chi connectivity index (χ4v) is 1.53. The molecule has 0 saturated carbocycles. The van der Waals surface area contributed by atoms with E-state index in [-0.39, 0.29) is 5.82 Å². The predicted octanol–water partition coefficient (Wildman–Crippen LogP) is 3.00. The monoisotopic (exact) mass is 209 g/mol. The van der Waals surface area contributed by atoms with Crippen molar-refractivity contribution in [3.63, 3.8) is 0 Å². The molecule has 0 fully saturated rings. The van der Waals surface area contributed by atoms with Gasteiger partial charge in [0.25, 0.3) is 0 Å². The minimum Gasteiger partial charge on any atom is -0.314 e. The van der Waals surface area contributed by atoms with Crippen molar-refractivity contribution >= 4 is 0 Å². The summed E-state index contributed by atoms with van der Waals surface area (Å²) in [6, 6.07) is 7.30. The van der Waals surface area contributed by atoms with Crippen LogP contribution < -0.4 is 5.32 Å². The van der Waals surface area contributed by atoms with E-state index in [4.69, 9.17) is 0 Å². The van der Waals surface area contributed by atoms with E-state index in [1.54, 1.807) is 0 Å². The second-order valence-electron chi connectivity index (χ2n) is 4.50. The molecule has 1 aromatic carbocycles. The van der Waals surface area contributed by atoms with Crippen molar-refractivity contribution in [1.29, 1.82) is 0 Å². The van der Waals surface area contributed by atoms with Crippen molar-refractivity contribution in [3.05, 3.63) is 35.6 Å². The Bertz CT molecular complexity index is 279. The number of halogens is 1. The van der Waals surface area contributed by atoms with Gasteiger partial charge in [-0.05, 0) is 36.6 Å². The van der Waals surface area contributed by atoms with Gasteiger partial charge in [-0.25, -0.2) is 4.39 Å². The van der Waals surface area contributed by atoms with Gasteiger partial charge in [0, 0.05) is 6.04 Å². The molecule has 0 aliphatic rings. The topological polar surface area (TPSA) is 12.0 Å². The smallest absolute Gasteiger partial charge is 0.123 e. The van der Waals surface area contributed by atoms with E-state index in [1.807, 2.05) is 12.1 Å². The average molecular weight is 209 g/mol. The number of nitrogens with one attached hydrogen (secondary N) is 1. The maximum atomic E-state index is 12.7. The number of rotatable bonds is 5. The molecular weight excluding hydrogens is 189 g/mol. The summed E-state index contributed by atoms with van der Waals surface area (Å²) in [4.78, 5) is 0. The summed E-state index contributed by atoms with van der Waals surface area (Å²) in [5.41, 5.74) is 1.20. The van der Waals surface area contributed by atoms with Gasteiger partial charge in [-0.2, -0.15) is 0 Å². The number of benzene rings is 1. The molecule has 1 nitrogen and oxygen atoms in total. The lowest BCUT2D eigenvalue weighted by Gasteiger charge is -2.14. The van der Waals surface area contributed by atoms with Crippen LogP contribution in [-0.2, 0) is 6.42 Å². The lowest BCUT2D eigenvalue weighted by Crippen LogP contribution is -2.28. The molecule has 0 spiro atoms. The van der Waals surface area contributed by atoms with Crippen LogP contribution in [-0.4, -0.2) is 12.6 Å². The molecule has 0 heterocycles. The van der Waals surface area contributed by atoms with Crippen LogP contribution in [0.4, 0.5) is 4.39 Å². The van der Waals surface area contributed by atoms with Crippen LogP contribution in [0, 0.1) is 11.7 Å². The fourth-order valence-electron chi connectivity index (χ4n) is 1.53. The van der Waals surface area contributed by atoms with Crippen LogP contribution in [0.5, 0.6) is 0 Å². The minimum absolute atomic E-state index is 0.160. The Morgan fingerprint density at radius 1 is 1.13 bits per heavy atom. The first-order chi connectivity index (χ1) is 7.08. The van der Waals surface area contributed by atoms with E-state index < -0.39 is 0 Å². The van der Waals surface area contributed by atoms with Gasteiger partial charge in [0.1, 0.15) is 5.82 Å².